The van der Waals surface area contributed by atoms with Crippen LogP contribution in [0.1, 0.15) is 11.4 Å². The summed E-state index contributed by atoms with van der Waals surface area (Å²) in [5.41, 5.74) is 4.37. The molecule has 0 saturated carbocycles. The summed E-state index contributed by atoms with van der Waals surface area (Å²) in [6.07, 6.45) is 0. The van der Waals surface area contributed by atoms with Gasteiger partial charge in [-0.1, -0.05) is 78.5 Å². The molecule has 6 aromatic rings. The van der Waals surface area contributed by atoms with Crippen molar-refractivity contribution in [2.75, 3.05) is 0 Å². The fourth-order valence-corrected chi connectivity index (χ4v) is 5.44. The summed E-state index contributed by atoms with van der Waals surface area (Å²) in [5, 5.41) is 23.3. The Morgan fingerprint density at radius 2 is 1.36 bits per heavy atom. The van der Waals surface area contributed by atoms with Gasteiger partial charge in [0.15, 0.2) is 11.0 Å². The van der Waals surface area contributed by atoms with Gasteiger partial charge < -0.3 is 4.57 Å². The molecule has 0 radical (unpaired) electrons. The van der Waals surface area contributed by atoms with E-state index in [2.05, 4.69) is 80.0 Å². The van der Waals surface area contributed by atoms with E-state index in [1.54, 1.807) is 23.9 Å². The predicted octanol–water partition coefficient (Wildman–Crippen LogP) is 6.62. The molecule has 0 aliphatic carbocycles. The Kier molecular flexibility index (Phi) is 5.71. The number of para-hydroxylation sites is 3. The van der Waals surface area contributed by atoms with Gasteiger partial charge in [-0.25, -0.2) is 0 Å². The predicted molar refractivity (Wildman–Crippen MR) is 143 cm³/mol. The summed E-state index contributed by atoms with van der Waals surface area (Å²) >= 11 is 1.56. The van der Waals surface area contributed by atoms with Crippen molar-refractivity contribution in [3.63, 3.8) is 0 Å². The average Bonchev–Trinajstić information content (AvgIpc) is 3.47. The van der Waals surface area contributed by atoms with Gasteiger partial charge in [-0.05, 0) is 29.8 Å². The van der Waals surface area contributed by atoms with Crippen LogP contribution >= 0.6 is 11.8 Å². The second kappa shape index (κ2) is 9.31. The van der Waals surface area contributed by atoms with Crippen molar-refractivity contribution in [1.82, 2.24) is 19.3 Å². The summed E-state index contributed by atoms with van der Waals surface area (Å²) in [5.74, 6) is 1.46. The Hall–Kier alpha value is -4.43. The number of rotatable bonds is 7. The molecule has 0 saturated heterocycles. The highest BCUT2D eigenvalue weighted by Gasteiger charge is 2.18. The molecule has 0 bridgehead atoms. The zero-order valence-corrected chi connectivity index (χ0v) is 20.0. The number of aromatic nitrogens is 4. The maximum absolute atomic E-state index is 11.0. The lowest BCUT2D eigenvalue weighted by atomic mass is 10.2. The fourth-order valence-electron chi connectivity index (χ4n) is 4.51. The molecule has 0 amide bonds. The summed E-state index contributed by atoms with van der Waals surface area (Å²) < 4.78 is 4.39. The van der Waals surface area contributed by atoms with Gasteiger partial charge in [0.25, 0.3) is 5.69 Å². The van der Waals surface area contributed by atoms with Gasteiger partial charge in [-0.3, -0.25) is 14.7 Å². The first-order valence-electron chi connectivity index (χ1n) is 11.5. The molecule has 36 heavy (non-hydrogen) atoms. The Labute approximate surface area is 211 Å². The van der Waals surface area contributed by atoms with Crippen molar-refractivity contribution in [2.24, 2.45) is 0 Å². The highest BCUT2D eigenvalue weighted by atomic mass is 32.2. The van der Waals surface area contributed by atoms with E-state index >= 15 is 0 Å². The topological polar surface area (TPSA) is 78.8 Å². The highest BCUT2D eigenvalue weighted by Crippen LogP contribution is 2.31. The van der Waals surface area contributed by atoms with Crippen LogP contribution in [0.3, 0.4) is 0 Å². The number of thioether (sulfide) groups is 1. The molecule has 0 fully saturated rings. The van der Waals surface area contributed by atoms with E-state index in [0.29, 0.717) is 12.3 Å². The Morgan fingerprint density at radius 1 is 0.750 bits per heavy atom. The van der Waals surface area contributed by atoms with Gasteiger partial charge in [-0.15, -0.1) is 10.2 Å². The first-order chi connectivity index (χ1) is 17.7. The molecule has 2 heterocycles. The van der Waals surface area contributed by atoms with E-state index in [0.717, 1.165) is 33.3 Å². The fraction of sp³-hybridized carbons (Fsp3) is 0.0714. The first kappa shape index (κ1) is 22.1. The van der Waals surface area contributed by atoms with Crippen LogP contribution in [-0.2, 0) is 12.3 Å². The maximum Gasteiger partial charge on any atom is 0.269 e. The normalized spacial score (nSPS) is 11.3. The molecule has 6 rings (SSSR count). The molecule has 0 spiro atoms. The Balaban J connectivity index is 1.39. The number of hydrogen-bond acceptors (Lipinski definition) is 5. The van der Waals surface area contributed by atoms with Crippen molar-refractivity contribution in [3.05, 3.63) is 125 Å². The van der Waals surface area contributed by atoms with E-state index in [1.807, 2.05) is 18.2 Å². The lowest BCUT2D eigenvalue weighted by molar-refractivity contribution is -0.384. The largest absolute Gasteiger partial charge is 0.333 e. The number of nitro groups is 1. The molecular weight excluding hydrogens is 470 g/mol. The van der Waals surface area contributed by atoms with Crippen molar-refractivity contribution in [2.45, 2.75) is 17.5 Å². The lowest BCUT2D eigenvalue weighted by Crippen LogP contribution is -2.08. The molecule has 0 aliphatic heterocycles. The lowest BCUT2D eigenvalue weighted by Gasteiger charge is -2.12. The number of nitrogens with zero attached hydrogens (tertiary/aromatic N) is 5. The summed E-state index contributed by atoms with van der Waals surface area (Å²) in [6.45, 7) is 0.564. The summed E-state index contributed by atoms with van der Waals surface area (Å²) in [7, 11) is 0. The molecule has 0 N–H and O–H groups in total. The molecule has 0 unspecified atom stereocenters. The third-order valence-corrected chi connectivity index (χ3v) is 7.21. The maximum atomic E-state index is 11.0. The van der Waals surface area contributed by atoms with Crippen LogP contribution in [0.25, 0.3) is 27.5 Å². The third kappa shape index (κ3) is 4.01. The minimum Gasteiger partial charge on any atom is -0.333 e. The van der Waals surface area contributed by atoms with Crippen molar-refractivity contribution < 1.29 is 4.92 Å². The van der Waals surface area contributed by atoms with E-state index in [1.165, 1.54) is 22.9 Å². The first-order valence-corrected chi connectivity index (χ1v) is 12.5. The Morgan fingerprint density at radius 3 is 2.00 bits per heavy atom. The zero-order chi connectivity index (χ0) is 24.5. The van der Waals surface area contributed by atoms with Crippen LogP contribution in [-0.4, -0.2) is 24.3 Å². The zero-order valence-electron chi connectivity index (χ0n) is 19.2. The molecule has 4 aromatic carbocycles. The van der Waals surface area contributed by atoms with Crippen molar-refractivity contribution in [1.29, 1.82) is 0 Å². The summed E-state index contributed by atoms with van der Waals surface area (Å²) in [6, 6.07) is 33.6. The SMILES string of the molecule is O=[N+]([O-])c1ccc(CSc2nnc(Cn3c4ccccc4c4ccccc43)n2-c2ccccc2)cc1. The number of benzene rings is 4. The minimum absolute atomic E-state index is 0.0877. The highest BCUT2D eigenvalue weighted by molar-refractivity contribution is 7.98. The molecule has 0 atom stereocenters. The molecule has 0 aliphatic rings. The van der Waals surface area contributed by atoms with Gasteiger partial charge >= 0.3 is 0 Å². The summed E-state index contributed by atoms with van der Waals surface area (Å²) in [4.78, 5) is 10.6. The van der Waals surface area contributed by atoms with Crippen molar-refractivity contribution in [3.8, 4) is 5.69 Å². The van der Waals surface area contributed by atoms with Crippen LogP contribution < -0.4 is 0 Å². The smallest absolute Gasteiger partial charge is 0.269 e. The quantitative estimate of drug-likeness (QED) is 0.142. The number of fused-ring (bicyclic) bond motifs is 3. The Bertz CT molecular complexity index is 1640. The molecular formula is C28H21N5O2S. The number of hydrogen-bond donors (Lipinski definition) is 0. The van der Waals surface area contributed by atoms with E-state index in [9.17, 15) is 10.1 Å². The van der Waals surface area contributed by atoms with Crippen LogP contribution in [0.15, 0.2) is 108 Å². The molecule has 8 heteroatoms. The molecule has 2 aromatic heterocycles. The standard InChI is InChI=1S/C28H21N5O2S/c34-33(35)22-16-14-20(15-17-22)19-36-28-30-29-27(32(28)21-8-2-1-3-9-21)18-31-25-12-6-4-10-23(25)24-11-5-7-13-26(24)31/h1-17H,18-19H2. The van der Waals surface area contributed by atoms with Crippen LogP contribution in [0, 0.1) is 10.1 Å². The second-order valence-corrected chi connectivity index (χ2v) is 9.34. The monoisotopic (exact) mass is 491 g/mol. The van der Waals surface area contributed by atoms with Crippen LogP contribution in [0.4, 0.5) is 5.69 Å². The van der Waals surface area contributed by atoms with Gasteiger partial charge in [0.05, 0.1) is 11.5 Å². The van der Waals surface area contributed by atoms with Crippen molar-refractivity contribution >= 4 is 39.3 Å². The van der Waals surface area contributed by atoms with Crippen LogP contribution in [0.2, 0.25) is 0 Å². The van der Waals surface area contributed by atoms with Gasteiger partial charge in [0.2, 0.25) is 0 Å². The number of non-ortho nitro benzene ring substituents is 1. The minimum atomic E-state index is -0.385. The molecule has 7 nitrogen and oxygen atoms in total. The van der Waals surface area contributed by atoms with Gasteiger partial charge in [0.1, 0.15) is 0 Å². The average molecular weight is 492 g/mol. The van der Waals surface area contributed by atoms with E-state index < -0.39 is 0 Å². The third-order valence-electron chi connectivity index (χ3n) is 6.21. The second-order valence-electron chi connectivity index (χ2n) is 8.40. The van der Waals surface area contributed by atoms with E-state index in [4.69, 9.17) is 0 Å². The van der Waals surface area contributed by atoms with Gasteiger partial charge in [-0.2, -0.15) is 0 Å². The number of nitro benzene ring substituents is 1. The van der Waals surface area contributed by atoms with Gasteiger partial charge in [0, 0.05) is 45.4 Å². The van der Waals surface area contributed by atoms with Crippen LogP contribution in [0.5, 0.6) is 0 Å². The molecule has 176 valence electrons. The van der Waals surface area contributed by atoms with E-state index in [-0.39, 0.29) is 10.6 Å².